The summed E-state index contributed by atoms with van der Waals surface area (Å²) in [6, 6.07) is 8.94. The maximum Gasteiger partial charge on any atom is 0.340 e. The third kappa shape index (κ3) is 6.05. The van der Waals surface area contributed by atoms with Gasteiger partial charge in [0, 0.05) is 6.20 Å². The highest BCUT2D eigenvalue weighted by atomic mass is 35.5. The van der Waals surface area contributed by atoms with Crippen LogP contribution < -0.4 is 10.0 Å². The maximum atomic E-state index is 12.1. The molecule has 0 saturated carbocycles. The third-order valence-electron chi connectivity index (χ3n) is 2.77. The Labute approximate surface area is 149 Å². The van der Waals surface area contributed by atoms with Crippen LogP contribution in [0.2, 0.25) is 5.02 Å². The Balaban J connectivity index is 1.98. The van der Waals surface area contributed by atoms with E-state index >= 15 is 0 Å². The van der Waals surface area contributed by atoms with Crippen LogP contribution in [0.3, 0.4) is 0 Å². The van der Waals surface area contributed by atoms with Crippen molar-refractivity contribution < 1.29 is 22.7 Å². The van der Waals surface area contributed by atoms with E-state index in [1.165, 1.54) is 24.4 Å². The highest BCUT2D eigenvalue weighted by Crippen LogP contribution is 2.17. The molecule has 0 aliphatic heterocycles. The smallest absolute Gasteiger partial charge is 0.340 e. The van der Waals surface area contributed by atoms with Crippen molar-refractivity contribution in [3.8, 4) is 0 Å². The minimum Gasteiger partial charge on any atom is -0.452 e. The lowest BCUT2D eigenvalue weighted by Gasteiger charge is -2.10. The number of carbonyl (C=O) groups excluding carboxylic acids is 2. The van der Waals surface area contributed by atoms with Crippen molar-refractivity contribution in [1.82, 2.24) is 4.98 Å². The third-order valence-corrected chi connectivity index (χ3v) is 3.59. The van der Waals surface area contributed by atoms with Gasteiger partial charge in [-0.05, 0) is 24.3 Å². The molecule has 2 aromatic rings. The number of esters is 1. The van der Waals surface area contributed by atoms with E-state index in [4.69, 9.17) is 16.3 Å². The molecule has 0 spiro atoms. The molecule has 132 valence electrons. The first-order valence-electron chi connectivity index (χ1n) is 6.90. The van der Waals surface area contributed by atoms with Crippen LogP contribution in [0.1, 0.15) is 10.4 Å². The molecule has 0 fully saturated rings. The van der Waals surface area contributed by atoms with E-state index < -0.39 is 28.5 Å². The number of hydrogen-bond donors (Lipinski definition) is 2. The van der Waals surface area contributed by atoms with Gasteiger partial charge in [-0.2, -0.15) is 0 Å². The Morgan fingerprint density at radius 2 is 1.92 bits per heavy atom. The summed E-state index contributed by atoms with van der Waals surface area (Å²) in [5.41, 5.74) is 0.0557. The Bertz CT molecular complexity index is 884. The van der Waals surface area contributed by atoms with E-state index in [9.17, 15) is 18.0 Å². The summed E-state index contributed by atoms with van der Waals surface area (Å²) in [6.07, 6.45) is 2.32. The summed E-state index contributed by atoms with van der Waals surface area (Å²) in [7, 11) is -3.56. The van der Waals surface area contributed by atoms with Gasteiger partial charge in [0.25, 0.3) is 5.91 Å². The Hall–Kier alpha value is -2.65. The predicted molar refractivity (Wildman–Crippen MR) is 93.1 cm³/mol. The lowest BCUT2D eigenvalue weighted by Crippen LogP contribution is -2.22. The summed E-state index contributed by atoms with van der Waals surface area (Å²) >= 11 is 5.69. The molecule has 0 saturated heterocycles. The van der Waals surface area contributed by atoms with E-state index in [-0.39, 0.29) is 17.1 Å². The molecule has 0 aliphatic carbocycles. The molecule has 1 heterocycles. The fourth-order valence-electron chi connectivity index (χ4n) is 1.79. The number of anilines is 2. The first-order chi connectivity index (χ1) is 11.7. The van der Waals surface area contributed by atoms with Gasteiger partial charge in [-0.1, -0.05) is 23.7 Å². The first kappa shape index (κ1) is 18.7. The van der Waals surface area contributed by atoms with Gasteiger partial charge in [-0.15, -0.1) is 0 Å². The lowest BCUT2D eigenvalue weighted by molar-refractivity contribution is -0.119. The van der Waals surface area contributed by atoms with Crippen molar-refractivity contribution in [3.63, 3.8) is 0 Å². The van der Waals surface area contributed by atoms with Crippen LogP contribution in [-0.4, -0.2) is 38.1 Å². The Morgan fingerprint density at radius 1 is 1.20 bits per heavy atom. The number of sulfonamides is 1. The van der Waals surface area contributed by atoms with Crippen LogP contribution in [-0.2, 0) is 19.6 Å². The molecule has 10 heteroatoms. The molecule has 8 nitrogen and oxygen atoms in total. The van der Waals surface area contributed by atoms with Gasteiger partial charge in [0.15, 0.2) is 6.61 Å². The number of carbonyl (C=O) groups is 2. The second kappa shape index (κ2) is 7.95. The standard InChI is InChI=1S/C15H14ClN3O5S/c1-25(22,23)19-12-5-3-2-4-11(12)15(21)24-9-14(20)18-13-7-6-10(16)8-17-13/h2-8,19H,9H2,1H3,(H,17,18,20). The zero-order valence-corrected chi connectivity index (χ0v) is 14.6. The number of halogens is 1. The van der Waals surface area contributed by atoms with Crippen molar-refractivity contribution in [2.24, 2.45) is 0 Å². The van der Waals surface area contributed by atoms with Crippen molar-refractivity contribution >= 4 is 45.0 Å². The lowest BCUT2D eigenvalue weighted by atomic mass is 10.2. The number of para-hydroxylation sites is 1. The second-order valence-electron chi connectivity index (χ2n) is 4.91. The van der Waals surface area contributed by atoms with Gasteiger partial charge in [0.2, 0.25) is 10.0 Å². The molecule has 2 N–H and O–H groups in total. The van der Waals surface area contributed by atoms with Crippen LogP contribution in [0.5, 0.6) is 0 Å². The second-order valence-corrected chi connectivity index (χ2v) is 7.09. The van der Waals surface area contributed by atoms with Crippen molar-refractivity contribution in [2.45, 2.75) is 0 Å². The predicted octanol–water partition coefficient (Wildman–Crippen LogP) is 1.90. The number of nitrogens with one attached hydrogen (secondary N) is 2. The van der Waals surface area contributed by atoms with Crippen LogP contribution in [0, 0.1) is 0 Å². The SMILES string of the molecule is CS(=O)(=O)Nc1ccccc1C(=O)OCC(=O)Nc1ccc(Cl)cn1. The van der Waals surface area contributed by atoms with Gasteiger partial charge < -0.3 is 10.1 Å². The topological polar surface area (TPSA) is 114 Å². The van der Waals surface area contributed by atoms with E-state index in [0.717, 1.165) is 6.26 Å². The highest BCUT2D eigenvalue weighted by Gasteiger charge is 2.16. The van der Waals surface area contributed by atoms with Gasteiger partial charge in [0.05, 0.1) is 22.5 Å². The zero-order chi connectivity index (χ0) is 18.4. The van der Waals surface area contributed by atoms with Crippen molar-refractivity contribution in [2.75, 3.05) is 22.9 Å². The maximum absolute atomic E-state index is 12.1. The molecule has 25 heavy (non-hydrogen) atoms. The molecule has 0 atom stereocenters. The van der Waals surface area contributed by atoms with E-state index in [1.807, 2.05) is 0 Å². The van der Waals surface area contributed by atoms with Crippen molar-refractivity contribution in [3.05, 3.63) is 53.2 Å². The minimum absolute atomic E-state index is 0.00894. The largest absolute Gasteiger partial charge is 0.452 e. The fourth-order valence-corrected chi connectivity index (χ4v) is 2.48. The number of aromatic nitrogens is 1. The van der Waals surface area contributed by atoms with Crippen LogP contribution in [0.15, 0.2) is 42.6 Å². The first-order valence-corrected chi connectivity index (χ1v) is 9.17. The van der Waals surface area contributed by atoms with Crippen LogP contribution in [0.25, 0.3) is 0 Å². The summed E-state index contributed by atoms with van der Waals surface area (Å²) in [6.45, 7) is -0.559. The number of amides is 1. The summed E-state index contributed by atoms with van der Waals surface area (Å²) in [4.78, 5) is 27.7. The summed E-state index contributed by atoms with van der Waals surface area (Å²) in [5.74, 6) is -1.19. The van der Waals surface area contributed by atoms with E-state index in [2.05, 4.69) is 15.0 Å². The van der Waals surface area contributed by atoms with Gasteiger partial charge >= 0.3 is 5.97 Å². The van der Waals surface area contributed by atoms with Crippen molar-refractivity contribution in [1.29, 1.82) is 0 Å². The average molecular weight is 384 g/mol. The zero-order valence-electron chi connectivity index (χ0n) is 13.0. The quantitative estimate of drug-likeness (QED) is 0.736. The minimum atomic E-state index is -3.56. The molecule has 2 rings (SSSR count). The number of benzene rings is 1. The molecule has 1 amide bonds. The molecule has 0 radical (unpaired) electrons. The number of pyridine rings is 1. The fraction of sp³-hybridized carbons (Fsp3) is 0.133. The number of rotatable bonds is 6. The number of ether oxygens (including phenoxy) is 1. The molecular weight excluding hydrogens is 370 g/mol. The van der Waals surface area contributed by atoms with Gasteiger partial charge in [-0.25, -0.2) is 18.2 Å². The molecule has 0 aliphatic rings. The monoisotopic (exact) mass is 383 g/mol. The van der Waals surface area contributed by atoms with Gasteiger partial charge in [0.1, 0.15) is 5.82 Å². The summed E-state index contributed by atoms with van der Waals surface area (Å²) in [5, 5.41) is 2.85. The number of hydrogen-bond acceptors (Lipinski definition) is 6. The molecule has 0 bridgehead atoms. The Morgan fingerprint density at radius 3 is 2.56 bits per heavy atom. The number of nitrogens with zero attached hydrogens (tertiary/aromatic N) is 1. The van der Waals surface area contributed by atoms with Crippen LogP contribution >= 0.6 is 11.6 Å². The molecular formula is C15H14ClN3O5S. The average Bonchev–Trinajstić information content (AvgIpc) is 2.54. The Kier molecular flexibility index (Phi) is 5.94. The highest BCUT2D eigenvalue weighted by molar-refractivity contribution is 7.92. The normalized spacial score (nSPS) is 10.8. The van der Waals surface area contributed by atoms with Crippen LogP contribution in [0.4, 0.5) is 11.5 Å². The van der Waals surface area contributed by atoms with Gasteiger partial charge in [-0.3, -0.25) is 9.52 Å². The molecule has 1 aromatic carbocycles. The molecule has 1 aromatic heterocycles. The summed E-state index contributed by atoms with van der Waals surface area (Å²) < 4.78 is 29.8. The molecule has 0 unspecified atom stereocenters. The van der Waals surface area contributed by atoms with E-state index in [1.54, 1.807) is 18.2 Å². The van der Waals surface area contributed by atoms with E-state index in [0.29, 0.717) is 5.02 Å².